The van der Waals surface area contributed by atoms with Crippen molar-refractivity contribution in [2.24, 2.45) is 0 Å². The van der Waals surface area contributed by atoms with E-state index in [0.717, 1.165) is 17.0 Å². The van der Waals surface area contributed by atoms with E-state index in [9.17, 15) is 24.3 Å². The first-order valence-electron chi connectivity index (χ1n) is 8.73. The van der Waals surface area contributed by atoms with Crippen molar-refractivity contribution in [1.29, 1.82) is 0 Å². The molecule has 3 aromatic carbocycles. The summed E-state index contributed by atoms with van der Waals surface area (Å²) in [5.74, 6) is -3.14. The standard InChI is InChI=1S/C22H13NO7/c24-19-15-3-1-2-4-16(15)20(25)23(19)12-5-7-13(8-6-12)30-14-9-10-17(21(26)27)18(11-14)22(28)29/h1-11H,(H,26,27)(H,28,29). The number of hydrogen-bond acceptors (Lipinski definition) is 5. The molecular weight excluding hydrogens is 390 g/mol. The number of aromatic carboxylic acids is 2. The van der Waals surface area contributed by atoms with Gasteiger partial charge in [-0.1, -0.05) is 12.1 Å². The fourth-order valence-electron chi connectivity index (χ4n) is 3.17. The second-order valence-electron chi connectivity index (χ2n) is 6.40. The zero-order chi connectivity index (χ0) is 21.4. The average Bonchev–Trinajstić information content (AvgIpc) is 2.99. The highest BCUT2D eigenvalue weighted by Gasteiger charge is 2.36. The molecule has 0 fully saturated rings. The van der Waals surface area contributed by atoms with Gasteiger partial charge < -0.3 is 14.9 Å². The molecule has 0 spiro atoms. The Morgan fingerprint density at radius 2 is 1.23 bits per heavy atom. The summed E-state index contributed by atoms with van der Waals surface area (Å²) >= 11 is 0. The van der Waals surface area contributed by atoms with Crippen LogP contribution in [0.25, 0.3) is 0 Å². The van der Waals surface area contributed by atoms with Gasteiger partial charge in [-0.3, -0.25) is 9.59 Å². The van der Waals surface area contributed by atoms with Crippen LogP contribution in [0.3, 0.4) is 0 Å². The molecule has 8 nitrogen and oxygen atoms in total. The number of carbonyl (C=O) groups is 4. The maximum atomic E-state index is 12.5. The minimum atomic E-state index is -1.39. The smallest absolute Gasteiger partial charge is 0.336 e. The molecule has 3 aromatic rings. The van der Waals surface area contributed by atoms with Crippen LogP contribution < -0.4 is 9.64 Å². The number of carbonyl (C=O) groups excluding carboxylic acids is 2. The quantitative estimate of drug-likeness (QED) is 0.623. The normalized spacial score (nSPS) is 12.6. The van der Waals surface area contributed by atoms with E-state index in [1.807, 2.05) is 0 Å². The van der Waals surface area contributed by atoms with Crippen LogP contribution in [-0.2, 0) is 0 Å². The molecule has 1 aliphatic heterocycles. The van der Waals surface area contributed by atoms with Crippen molar-refractivity contribution in [3.05, 3.63) is 89.0 Å². The molecule has 0 unspecified atom stereocenters. The number of carboxylic acid groups (broad SMARTS) is 2. The van der Waals surface area contributed by atoms with E-state index in [4.69, 9.17) is 9.84 Å². The molecule has 2 amide bonds. The fourth-order valence-corrected chi connectivity index (χ4v) is 3.17. The highest BCUT2D eigenvalue weighted by atomic mass is 16.5. The van der Waals surface area contributed by atoms with Gasteiger partial charge in [-0.05, 0) is 54.6 Å². The molecule has 0 aromatic heterocycles. The summed E-state index contributed by atoms with van der Waals surface area (Å²) in [6.45, 7) is 0. The Bertz CT molecular complexity index is 1180. The number of benzene rings is 3. The lowest BCUT2D eigenvalue weighted by Crippen LogP contribution is -2.29. The van der Waals surface area contributed by atoms with Crippen LogP contribution in [0.2, 0.25) is 0 Å². The van der Waals surface area contributed by atoms with Gasteiger partial charge in [0.05, 0.1) is 27.9 Å². The molecule has 0 atom stereocenters. The third-order valence-corrected chi connectivity index (χ3v) is 4.58. The minimum Gasteiger partial charge on any atom is -0.478 e. The summed E-state index contributed by atoms with van der Waals surface area (Å²) in [6, 6.07) is 16.3. The minimum absolute atomic E-state index is 0.130. The number of nitrogens with zero attached hydrogens (tertiary/aromatic N) is 1. The van der Waals surface area contributed by atoms with Gasteiger partial charge in [0.1, 0.15) is 11.5 Å². The lowest BCUT2D eigenvalue weighted by molar-refractivity contribution is 0.0651. The van der Waals surface area contributed by atoms with Crippen LogP contribution in [0.15, 0.2) is 66.7 Å². The van der Waals surface area contributed by atoms with Crippen molar-refractivity contribution in [2.75, 3.05) is 4.90 Å². The molecule has 0 bridgehead atoms. The van der Waals surface area contributed by atoms with Crippen molar-refractivity contribution < 1.29 is 34.1 Å². The molecule has 0 saturated carbocycles. The van der Waals surface area contributed by atoms with Gasteiger partial charge in [0.25, 0.3) is 11.8 Å². The Balaban J connectivity index is 1.58. The van der Waals surface area contributed by atoms with E-state index in [1.165, 1.54) is 30.3 Å². The van der Waals surface area contributed by atoms with Crippen LogP contribution in [0.1, 0.15) is 41.4 Å². The van der Waals surface area contributed by atoms with Gasteiger partial charge in [-0.2, -0.15) is 0 Å². The molecule has 2 N–H and O–H groups in total. The van der Waals surface area contributed by atoms with Gasteiger partial charge in [-0.15, -0.1) is 0 Å². The number of rotatable bonds is 5. The Labute approximate surface area is 169 Å². The third kappa shape index (κ3) is 3.16. The van der Waals surface area contributed by atoms with E-state index >= 15 is 0 Å². The van der Waals surface area contributed by atoms with E-state index in [2.05, 4.69) is 0 Å². The van der Waals surface area contributed by atoms with Gasteiger partial charge >= 0.3 is 11.9 Å². The summed E-state index contributed by atoms with van der Waals surface area (Å²) in [7, 11) is 0. The number of imide groups is 1. The van der Waals surface area contributed by atoms with Crippen molar-refractivity contribution in [3.63, 3.8) is 0 Å². The zero-order valence-electron chi connectivity index (χ0n) is 15.2. The second kappa shape index (κ2) is 7.17. The van der Waals surface area contributed by atoms with Gasteiger partial charge in [-0.25, -0.2) is 14.5 Å². The van der Waals surface area contributed by atoms with Gasteiger partial charge in [0.2, 0.25) is 0 Å². The monoisotopic (exact) mass is 403 g/mol. The molecule has 0 radical (unpaired) electrons. The summed E-state index contributed by atoms with van der Waals surface area (Å²) in [4.78, 5) is 48.6. The molecule has 1 heterocycles. The lowest BCUT2D eigenvalue weighted by atomic mass is 10.1. The van der Waals surface area contributed by atoms with E-state index in [1.54, 1.807) is 24.3 Å². The van der Waals surface area contributed by atoms with E-state index in [-0.39, 0.29) is 11.3 Å². The number of fused-ring (bicyclic) bond motifs is 1. The fraction of sp³-hybridized carbons (Fsp3) is 0. The first-order valence-corrected chi connectivity index (χ1v) is 8.73. The van der Waals surface area contributed by atoms with Crippen LogP contribution >= 0.6 is 0 Å². The van der Waals surface area contributed by atoms with Crippen molar-refractivity contribution in [2.45, 2.75) is 0 Å². The zero-order valence-corrected chi connectivity index (χ0v) is 15.2. The molecule has 0 aliphatic carbocycles. The first-order chi connectivity index (χ1) is 14.4. The van der Waals surface area contributed by atoms with Crippen molar-refractivity contribution in [1.82, 2.24) is 0 Å². The first kappa shape index (κ1) is 18.9. The summed E-state index contributed by atoms with van der Waals surface area (Å²) in [6.07, 6.45) is 0. The van der Waals surface area contributed by atoms with Crippen molar-refractivity contribution >= 4 is 29.4 Å². The topological polar surface area (TPSA) is 121 Å². The van der Waals surface area contributed by atoms with E-state index in [0.29, 0.717) is 22.6 Å². The van der Waals surface area contributed by atoms with E-state index < -0.39 is 29.3 Å². The van der Waals surface area contributed by atoms with Crippen LogP contribution in [-0.4, -0.2) is 34.0 Å². The SMILES string of the molecule is O=C(O)c1ccc(Oc2ccc(N3C(=O)c4ccccc4C3=O)cc2)cc1C(=O)O. The molecule has 30 heavy (non-hydrogen) atoms. The predicted molar refractivity (Wildman–Crippen MR) is 104 cm³/mol. The Morgan fingerprint density at radius 1 is 0.700 bits per heavy atom. The maximum Gasteiger partial charge on any atom is 0.336 e. The molecule has 1 aliphatic rings. The van der Waals surface area contributed by atoms with Crippen LogP contribution in [0.5, 0.6) is 11.5 Å². The summed E-state index contributed by atoms with van der Waals surface area (Å²) in [5, 5.41) is 18.3. The number of anilines is 1. The Hall–Kier alpha value is -4.46. The molecule has 4 rings (SSSR count). The van der Waals surface area contributed by atoms with Crippen LogP contribution in [0, 0.1) is 0 Å². The summed E-state index contributed by atoms with van der Waals surface area (Å²) < 4.78 is 5.59. The molecular formula is C22H13NO7. The number of ether oxygens (including phenoxy) is 1. The third-order valence-electron chi connectivity index (χ3n) is 4.58. The number of amides is 2. The maximum absolute atomic E-state index is 12.5. The highest BCUT2D eigenvalue weighted by molar-refractivity contribution is 6.34. The number of hydrogen-bond donors (Lipinski definition) is 2. The average molecular weight is 403 g/mol. The van der Waals surface area contributed by atoms with Gasteiger partial charge in [0, 0.05) is 0 Å². The molecule has 148 valence electrons. The second-order valence-corrected chi connectivity index (χ2v) is 6.40. The largest absolute Gasteiger partial charge is 0.478 e. The summed E-state index contributed by atoms with van der Waals surface area (Å²) in [5.41, 5.74) is 0.282. The van der Waals surface area contributed by atoms with Gasteiger partial charge in [0.15, 0.2) is 0 Å². The lowest BCUT2D eigenvalue weighted by Gasteiger charge is -2.14. The number of carboxylic acids is 2. The predicted octanol–water partition coefficient (Wildman–Crippen LogP) is 3.68. The van der Waals surface area contributed by atoms with Crippen molar-refractivity contribution in [3.8, 4) is 11.5 Å². The van der Waals surface area contributed by atoms with Crippen LogP contribution in [0.4, 0.5) is 5.69 Å². The highest BCUT2D eigenvalue weighted by Crippen LogP contribution is 2.31. The molecule has 8 heteroatoms. The Kier molecular flexibility index (Phi) is 4.51. The Morgan fingerprint density at radius 3 is 1.77 bits per heavy atom. The molecule has 0 saturated heterocycles.